The summed E-state index contributed by atoms with van der Waals surface area (Å²) in [5, 5.41) is 1.24. The first-order chi connectivity index (χ1) is 9.76. The number of nitrogens with zero attached hydrogens (tertiary/aromatic N) is 2. The van der Waals surface area contributed by atoms with Crippen LogP contribution in [0.5, 0.6) is 5.88 Å². The number of benzene rings is 1. The molecule has 1 atom stereocenters. The van der Waals surface area contributed by atoms with Crippen LogP contribution in [0.15, 0.2) is 42.7 Å². The van der Waals surface area contributed by atoms with E-state index in [0.29, 0.717) is 12.3 Å². The molecule has 4 nitrogen and oxygen atoms in total. The van der Waals surface area contributed by atoms with Crippen LogP contribution in [0.4, 0.5) is 0 Å². The van der Waals surface area contributed by atoms with Crippen LogP contribution >= 0.6 is 11.3 Å². The molecule has 1 aromatic carbocycles. The van der Waals surface area contributed by atoms with Crippen LogP contribution in [-0.4, -0.2) is 17.1 Å². The average molecular weight is 285 g/mol. The van der Waals surface area contributed by atoms with Crippen LogP contribution in [0, 0.1) is 0 Å². The molecule has 0 aliphatic heterocycles. The van der Waals surface area contributed by atoms with E-state index >= 15 is 0 Å². The number of aromatic nitrogens is 2. The number of thiophene rings is 1. The summed E-state index contributed by atoms with van der Waals surface area (Å²) < 4.78 is 6.36. The second-order valence-electron chi connectivity index (χ2n) is 4.55. The fourth-order valence-corrected chi connectivity index (χ4v) is 3.18. The highest BCUT2D eigenvalue weighted by Gasteiger charge is 2.12. The molecule has 0 spiro atoms. The third-order valence-corrected chi connectivity index (χ3v) is 4.39. The molecule has 0 radical (unpaired) electrons. The van der Waals surface area contributed by atoms with E-state index in [0.717, 1.165) is 5.69 Å². The first-order valence-corrected chi connectivity index (χ1v) is 7.17. The minimum Gasteiger partial charge on any atom is -0.481 e. The van der Waals surface area contributed by atoms with Gasteiger partial charge in [0.15, 0.2) is 0 Å². The number of rotatable bonds is 4. The minimum atomic E-state index is -0.0630. The van der Waals surface area contributed by atoms with Crippen molar-refractivity contribution in [3.05, 3.63) is 53.3 Å². The number of ether oxygens (including phenoxy) is 1. The van der Waals surface area contributed by atoms with Gasteiger partial charge >= 0.3 is 0 Å². The van der Waals surface area contributed by atoms with Crippen LogP contribution in [0.1, 0.15) is 16.6 Å². The maximum Gasteiger partial charge on any atom is 0.216 e. The summed E-state index contributed by atoms with van der Waals surface area (Å²) in [7, 11) is 1.60. The molecule has 0 amide bonds. The van der Waals surface area contributed by atoms with E-state index in [1.54, 1.807) is 18.4 Å². The fraction of sp³-hybridized carbons (Fsp3) is 0.200. The van der Waals surface area contributed by atoms with Crippen molar-refractivity contribution in [1.29, 1.82) is 0 Å². The maximum atomic E-state index is 6.29. The van der Waals surface area contributed by atoms with Gasteiger partial charge in [0.1, 0.15) is 6.33 Å². The summed E-state index contributed by atoms with van der Waals surface area (Å²) >= 11 is 1.73. The zero-order valence-corrected chi connectivity index (χ0v) is 11.9. The van der Waals surface area contributed by atoms with Crippen LogP contribution in [0.3, 0.4) is 0 Å². The smallest absolute Gasteiger partial charge is 0.216 e. The molecule has 5 heteroatoms. The average Bonchev–Trinajstić information content (AvgIpc) is 2.91. The summed E-state index contributed by atoms with van der Waals surface area (Å²) in [5.74, 6) is 0.568. The van der Waals surface area contributed by atoms with Crippen LogP contribution < -0.4 is 10.5 Å². The third kappa shape index (κ3) is 2.64. The largest absolute Gasteiger partial charge is 0.481 e. The molecule has 0 saturated carbocycles. The number of nitrogens with two attached hydrogens (primary N) is 1. The van der Waals surface area contributed by atoms with Gasteiger partial charge < -0.3 is 10.5 Å². The zero-order chi connectivity index (χ0) is 13.9. The molecule has 0 bridgehead atoms. The van der Waals surface area contributed by atoms with Gasteiger partial charge in [0.25, 0.3) is 0 Å². The Hall–Kier alpha value is -1.98. The van der Waals surface area contributed by atoms with Gasteiger partial charge in [0.2, 0.25) is 5.88 Å². The van der Waals surface area contributed by atoms with Gasteiger partial charge in [0.05, 0.1) is 7.11 Å². The molecular formula is C15H15N3OS. The Morgan fingerprint density at radius 2 is 2.10 bits per heavy atom. The SMILES string of the molecule is COc1cc(CC(N)c2cc3ccccc3s2)ncn1. The molecule has 102 valence electrons. The molecule has 20 heavy (non-hydrogen) atoms. The molecule has 0 aliphatic carbocycles. The van der Waals surface area contributed by atoms with Crippen LogP contribution in [0.25, 0.3) is 10.1 Å². The van der Waals surface area contributed by atoms with Gasteiger partial charge in [-0.05, 0) is 17.5 Å². The second kappa shape index (κ2) is 5.56. The summed E-state index contributed by atoms with van der Waals surface area (Å²) in [6, 6.07) is 12.2. The fourth-order valence-electron chi connectivity index (χ4n) is 2.11. The summed E-state index contributed by atoms with van der Waals surface area (Å²) in [6.07, 6.45) is 2.18. The third-order valence-electron chi connectivity index (χ3n) is 3.15. The Kier molecular flexibility index (Phi) is 3.62. The topological polar surface area (TPSA) is 61.0 Å². The number of methoxy groups -OCH3 is 1. The van der Waals surface area contributed by atoms with E-state index in [2.05, 4.69) is 28.2 Å². The molecule has 3 aromatic rings. The lowest BCUT2D eigenvalue weighted by atomic mass is 10.1. The van der Waals surface area contributed by atoms with Crippen molar-refractivity contribution < 1.29 is 4.74 Å². The van der Waals surface area contributed by atoms with E-state index in [4.69, 9.17) is 10.5 Å². The number of fused-ring (bicyclic) bond motifs is 1. The highest BCUT2D eigenvalue weighted by atomic mass is 32.1. The van der Waals surface area contributed by atoms with Gasteiger partial charge in [-0.2, -0.15) is 0 Å². The lowest BCUT2D eigenvalue weighted by Crippen LogP contribution is -2.12. The quantitative estimate of drug-likeness (QED) is 0.800. The molecule has 2 heterocycles. The lowest BCUT2D eigenvalue weighted by molar-refractivity contribution is 0.395. The van der Waals surface area contributed by atoms with Gasteiger partial charge in [-0.15, -0.1) is 11.3 Å². The van der Waals surface area contributed by atoms with Gasteiger partial charge in [0, 0.05) is 33.8 Å². The van der Waals surface area contributed by atoms with E-state index < -0.39 is 0 Å². The Bertz CT molecular complexity index is 693. The Morgan fingerprint density at radius 3 is 2.90 bits per heavy atom. The monoisotopic (exact) mass is 285 g/mol. The van der Waals surface area contributed by atoms with E-state index in [1.807, 2.05) is 18.2 Å². The normalized spacial score (nSPS) is 12.5. The van der Waals surface area contributed by atoms with Crippen molar-refractivity contribution >= 4 is 21.4 Å². The Labute approximate surface area is 121 Å². The molecule has 2 aromatic heterocycles. The van der Waals surface area contributed by atoms with Crippen molar-refractivity contribution in [2.75, 3.05) is 7.11 Å². The first kappa shape index (κ1) is 13.0. The van der Waals surface area contributed by atoms with E-state index in [9.17, 15) is 0 Å². The molecule has 2 N–H and O–H groups in total. The molecule has 0 aliphatic rings. The Morgan fingerprint density at radius 1 is 1.25 bits per heavy atom. The van der Waals surface area contributed by atoms with Crippen molar-refractivity contribution in [2.45, 2.75) is 12.5 Å². The first-order valence-electron chi connectivity index (χ1n) is 6.35. The lowest BCUT2D eigenvalue weighted by Gasteiger charge is -2.09. The molecule has 0 saturated heterocycles. The standard InChI is InChI=1S/C15H15N3OS/c1-19-15-8-11(17-9-18-15)7-12(16)14-6-10-4-2-3-5-13(10)20-14/h2-6,8-9,12H,7,16H2,1H3. The zero-order valence-electron chi connectivity index (χ0n) is 11.1. The highest BCUT2D eigenvalue weighted by molar-refractivity contribution is 7.19. The summed E-state index contributed by atoms with van der Waals surface area (Å²) in [4.78, 5) is 9.41. The van der Waals surface area contributed by atoms with Gasteiger partial charge in [-0.25, -0.2) is 9.97 Å². The van der Waals surface area contributed by atoms with E-state index in [1.165, 1.54) is 21.3 Å². The molecular weight excluding hydrogens is 270 g/mol. The predicted octanol–water partition coefficient (Wildman–Crippen LogP) is 2.94. The second-order valence-corrected chi connectivity index (χ2v) is 5.66. The van der Waals surface area contributed by atoms with Crippen molar-refractivity contribution in [3.8, 4) is 5.88 Å². The van der Waals surface area contributed by atoms with Crippen molar-refractivity contribution in [3.63, 3.8) is 0 Å². The van der Waals surface area contributed by atoms with Crippen LogP contribution in [-0.2, 0) is 6.42 Å². The van der Waals surface area contributed by atoms with Crippen molar-refractivity contribution in [1.82, 2.24) is 9.97 Å². The number of hydrogen-bond acceptors (Lipinski definition) is 5. The predicted molar refractivity (Wildman–Crippen MR) is 81.0 cm³/mol. The number of hydrogen-bond donors (Lipinski definition) is 1. The minimum absolute atomic E-state index is 0.0630. The molecule has 1 unspecified atom stereocenters. The van der Waals surface area contributed by atoms with Gasteiger partial charge in [-0.3, -0.25) is 0 Å². The maximum absolute atomic E-state index is 6.29. The Balaban J connectivity index is 1.82. The highest BCUT2D eigenvalue weighted by Crippen LogP contribution is 2.30. The van der Waals surface area contributed by atoms with Crippen LogP contribution in [0.2, 0.25) is 0 Å². The van der Waals surface area contributed by atoms with Gasteiger partial charge in [-0.1, -0.05) is 18.2 Å². The summed E-state index contributed by atoms with van der Waals surface area (Å²) in [6.45, 7) is 0. The molecule has 3 rings (SSSR count). The molecule has 0 fully saturated rings. The van der Waals surface area contributed by atoms with E-state index in [-0.39, 0.29) is 6.04 Å². The van der Waals surface area contributed by atoms with Crippen molar-refractivity contribution in [2.24, 2.45) is 5.73 Å². The summed E-state index contributed by atoms with van der Waals surface area (Å²) in [5.41, 5.74) is 7.18.